The number of fused-ring (bicyclic) bond motifs is 3. The average molecular weight is 1160 g/mol. The molecule has 0 fully saturated rings. The Labute approximate surface area is 502 Å². The molecule has 13 aromatic carbocycles. The number of ether oxygens (including phenoxy) is 1. The first-order valence-corrected chi connectivity index (χ1v) is 30.3. The van der Waals surface area contributed by atoms with Crippen LogP contribution in [0, 0.1) is 0 Å². The van der Waals surface area contributed by atoms with Crippen molar-refractivity contribution in [2.24, 2.45) is 0 Å². The van der Waals surface area contributed by atoms with Gasteiger partial charge < -0.3 is 0 Å². The van der Waals surface area contributed by atoms with Crippen molar-refractivity contribution >= 4 is 119 Å². The van der Waals surface area contributed by atoms with E-state index < -0.39 is 0 Å². The van der Waals surface area contributed by atoms with E-state index in [4.69, 9.17) is 4.74 Å². The van der Waals surface area contributed by atoms with Crippen LogP contribution in [0.25, 0.3) is 19.3 Å². The maximum absolute atomic E-state index is 7.37. The average Bonchev–Trinajstić information content (AvgIpc) is 3.97. The zero-order chi connectivity index (χ0) is 56.7. The largest absolute Gasteiger partial charge is 0.0602 e. The maximum Gasteiger partial charge on any atom is -0.0380 e. The van der Waals surface area contributed by atoms with Gasteiger partial charge in [0, 0.05) is 0 Å². The zero-order valence-electron chi connectivity index (χ0n) is 46.5. The molecule has 0 bridgehead atoms. The van der Waals surface area contributed by atoms with Gasteiger partial charge in [-0.25, -0.2) is 0 Å². The van der Waals surface area contributed by atoms with Crippen molar-refractivity contribution in [3.63, 3.8) is 0 Å². The monoisotopic (exact) mass is 1160 g/mol. The Bertz CT molecular complexity index is 4160. The minimum Gasteiger partial charge on any atom is -0.0602 e. The minimum absolute atomic E-state index is 0.0130. The van der Waals surface area contributed by atoms with Gasteiger partial charge in [-0.2, -0.15) is 0 Å². The quantitative estimate of drug-likeness (QED) is 0.0843. The van der Waals surface area contributed by atoms with Crippen LogP contribution in [0.2, 0.25) is 0 Å². The summed E-state index contributed by atoms with van der Waals surface area (Å²) in [6, 6.07) is 123. The van der Waals surface area contributed by atoms with Crippen LogP contribution < -0.4 is 29.2 Å². The molecule has 0 radical (unpaired) electrons. The van der Waals surface area contributed by atoms with E-state index in [0.29, 0.717) is 11.5 Å². The number of para-hydroxylation sites is 8. The van der Waals surface area contributed by atoms with Crippen molar-refractivity contribution in [1.82, 2.24) is 0 Å². The van der Waals surface area contributed by atoms with E-state index in [-0.39, 0.29) is 14.5 Å². The van der Waals surface area contributed by atoms with Crippen LogP contribution in [-0.4, -0.2) is 14.5 Å². The van der Waals surface area contributed by atoms with Gasteiger partial charge in [-0.15, -0.1) is 0 Å². The second-order valence-corrected chi connectivity index (χ2v) is 22.8. The Morgan fingerprint density at radius 1 is 0.200 bits per heavy atom. The third-order valence-corrected chi connectivity index (χ3v) is 17.6. The fourth-order valence-corrected chi connectivity index (χ4v) is 13.9. The summed E-state index contributed by atoms with van der Waals surface area (Å²) in [5, 5.41) is 2.56. The summed E-state index contributed by atoms with van der Waals surface area (Å²) in [7, 11) is 0. The van der Waals surface area contributed by atoms with Crippen LogP contribution in [0.3, 0.4) is 0 Å². The molecule has 1 heterocycles. The second-order valence-electron chi connectivity index (χ2n) is 20.6. The van der Waals surface area contributed by atoms with Crippen molar-refractivity contribution in [3.05, 3.63) is 346 Å². The molecule has 0 saturated carbocycles. The Hall–Kier alpha value is -10.8. The van der Waals surface area contributed by atoms with Crippen LogP contribution >= 0.6 is 0 Å². The molecule has 0 aliphatic rings. The standard InChI is InChI=1S/C78H57N5OSe/c1-9-29-58(30-10-1)79(59-31-11-2-12-32-59)67-51-68(80(60-33-13-3-14-34-60)61-35-15-4-16-36-61)53-69(52-67)83(76-49-28-48-75-74-47-25-26-50-77(74)85-78(75)76)66-45-27-46-72(55-66)84-73-56-70(81(62-37-17-5-18-38-62)63-39-19-6-20-40-63)54-71(57-73)82(64-41-21-7-22-42-64)65-43-23-8-24-44-65/h1-57H. The Morgan fingerprint density at radius 3 is 0.859 bits per heavy atom. The first-order valence-electron chi connectivity index (χ1n) is 28.6. The van der Waals surface area contributed by atoms with Crippen LogP contribution in [0.5, 0.6) is 11.5 Å². The molecule has 85 heavy (non-hydrogen) atoms. The molecule has 0 aliphatic carbocycles. The Kier molecular flexibility index (Phi) is 14.7. The molecule has 406 valence electrons. The summed E-state index contributed by atoms with van der Waals surface area (Å²) in [4.78, 5) is 11.8. The summed E-state index contributed by atoms with van der Waals surface area (Å²) >= 11 is 0.0130. The molecular weight excluding hydrogens is 1100 g/mol. The molecule has 0 spiro atoms. The van der Waals surface area contributed by atoms with Crippen LogP contribution in [0.4, 0.5) is 85.3 Å². The van der Waals surface area contributed by atoms with Crippen LogP contribution in [0.1, 0.15) is 0 Å². The maximum atomic E-state index is 7.37. The number of hydrogen-bond donors (Lipinski definition) is 0. The van der Waals surface area contributed by atoms with Gasteiger partial charge in [-0.05, 0) is 48.5 Å². The predicted molar refractivity (Wildman–Crippen MR) is 358 cm³/mol. The number of hydrogen-bond acceptors (Lipinski definition) is 6. The Balaban J connectivity index is 0.992. The van der Waals surface area contributed by atoms with Crippen LogP contribution in [0.15, 0.2) is 346 Å². The summed E-state index contributed by atoms with van der Waals surface area (Å²) in [6.07, 6.45) is 0. The SMILES string of the molecule is c1ccc(N(c2ccccc2)c2cc(Oc3cccc(N(c4cc(N(c5ccccc5)c5ccccc5)cc(N(c5ccccc5)c5ccccc5)c4)c4cccc5c4[se]c4ccccc45)c3)cc(N(c3ccccc3)c3ccccc3)c2)cc1. The number of nitrogens with zero attached hydrogens (tertiary/aromatic N) is 5. The van der Waals surface area contributed by atoms with Gasteiger partial charge in [-0.3, -0.25) is 0 Å². The van der Waals surface area contributed by atoms with Gasteiger partial charge in [0.25, 0.3) is 0 Å². The molecule has 0 aliphatic heterocycles. The van der Waals surface area contributed by atoms with Gasteiger partial charge in [0.05, 0.1) is 0 Å². The fraction of sp³-hybridized carbons (Fsp3) is 0. The van der Waals surface area contributed by atoms with Crippen molar-refractivity contribution in [1.29, 1.82) is 0 Å². The summed E-state index contributed by atoms with van der Waals surface area (Å²) < 4.78 is 10.1. The normalized spacial score (nSPS) is 11.1. The van der Waals surface area contributed by atoms with E-state index in [1.807, 2.05) is 0 Å². The van der Waals surface area contributed by atoms with Crippen LogP contribution in [-0.2, 0) is 0 Å². The number of rotatable bonds is 17. The van der Waals surface area contributed by atoms with Crippen molar-refractivity contribution in [3.8, 4) is 11.5 Å². The van der Waals surface area contributed by atoms with E-state index in [2.05, 4.69) is 370 Å². The van der Waals surface area contributed by atoms with E-state index in [1.165, 1.54) is 19.3 Å². The first kappa shape index (κ1) is 52.3. The van der Waals surface area contributed by atoms with E-state index in [0.717, 1.165) is 85.3 Å². The number of benzene rings is 13. The van der Waals surface area contributed by atoms with Gasteiger partial charge in [0.15, 0.2) is 0 Å². The Morgan fingerprint density at radius 2 is 0.482 bits per heavy atom. The molecule has 0 unspecified atom stereocenters. The van der Waals surface area contributed by atoms with E-state index >= 15 is 0 Å². The minimum atomic E-state index is 0.0130. The molecule has 1 aromatic heterocycles. The van der Waals surface area contributed by atoms with Gasteiger partial charge in [-0.1, -0.05) is 72.8 Å². The van der Waals surface area contributed by atoms with E-state index in [9.17, 15) is 0 Å². The third-order valence-electron chi connectivity index (χ3n) is 15.1. The van der Waals surface area contributed by atoms with Gasteiger partial charge in [0.1, 0.15) is 0 Å². The molecule has 14 rings (SSSR count). The molecule has 0 amide bonds. The second kappa shape index (κ2) is 23.9. The fourth-order valence-electron chi connectivity index (χ4n) is 11.4. The molecule has 6 nitrogen and oxygen atoms in total. The summed E-state index contributed by atoms with van der Waals surface area (Å²) in [6.45, 7) is 0. The molecule has 0 atom stereocenters. The smallest absolute Gasteiger partial charge is 0.0380 e. The van der Waals surface area contributed by atoms with Crippen molar-refractivity contribution in [2.45, 2.75) is 0 Å². The van der Waals surface area contributed by atoms with Gasteiger partial charge in [0.2, 0.25) is 0 Å². The van der Waals surface area contributed by atoms with Crippen molar-refractivity contribution < 1.29 is 4.74 Å². The van der Waals surface area contributed by atoms with Crippen molar-refractivity contribution in [2.75, 3.05) is 24.5 Å². The summed E-state index contributed by atoms with van der Waals surface area (Å²) in [5.41, 5.74) is 15.2. The van der Waals surface area contributed by atoms with Gasteiger partial charge >= 0.3 is 384 Å². The molecule has 7 heteroatoms. The molecule has 0 saturated heterocycles. The summed E-state index contributed by atoms with van der Waals surface area (Å²) in [5.74, 6) is 1.36. The van der Waals surface area contributed by atoms with E-state index in [1.54, 1.807) is 0 Å². The topological polar surface area (TPSA) is 25.4 Å². The third kappa shape index (κ3) is 10.9. The zero-order valence-corrected chi connectivity index (χ0v) is 48.2. The predicted octanol–water partition coefficient (Wildman–Crippen LogP) is 22.2. The number of anilines is 15. The molecule has 0 N–H and O–H groups in total. The first-order chi connectivity index (χ1) is 42.2. The molecule has 14 aromatic rings. The molecular formula is C78H57N5OSe.